The first-order valence-electron chi connectivity index (χ1n) is 5.32. The van der Waals surface area contributed by atoms with Gasteiger partial charge in [-0.05, 0) is 49.4 Å². The quantitative estimate of drug-likeness (QED) is 0.777. The molecule has 0 saturated heterocycles. The van der Waals surface area contributed by atoms with Crippen LogP contribution in [0.15, 0.2) is 12.1 Å². The van der Waals surface area contributed by atoms with Crippen molar-refractivity contribution in [3.8, 4) is 0 Å². The van der Waals surface area contributed by atoms with Crippen molar-refractivity contribution < 1.29 is 5.11 Å². The van der Waals surface area contributed by atoms with E-state index in [1.54, 1.807) is 0 Å². The Morgan fingerprint density at radius 2 is 1.79 bits per heavy atom. The van der Waals surface area contributed by atoms with Gasteiger partial charge in [-0.2, -0.15) is 0 Å². The van der Waals surface area contributed by atoms with E-state index >= 15 is 0 Å². The van der Waals surface area contributed by atoms with Crippen LogP contribution in [0.3, 0.4) is 0 Å². The second-order valence-electron chi connectivity index (χ2n) is 4.03. The summed E-state index contributed by atoms with van der Waals surface area (Å²) in [6.45, 7) is 8.42. The third-order valence-corrected chi connectivity index (χ3v) is 3.02. The summed E-state index contributed by atoms with van der Waals surface area (Å²) < 4.78 is 0. The summed E-state index contributed by atoms with van der Waals surface area (Å²) in [5, 5.41) is 9.92. The zero-order valence-corrected chi connectivity index (χ0v) is 9.59. The van der Waals surface area contributed by atoms with E-state index in [9.17, 15) is 5.11 Å². The zero-order chi connectivity index (χ0) is 10.7. The molecule has 0 radical (unpaired) electrons. The highest BCUT2D eigenvalue weighted by Crippen LogP contribution is 2.25. The van der Waals surface area contributed by atoms with Crippen LogP contribution in [0.1, 0.15) is 48.1 Å². The predicted octanol–water partition coefficient (Wildman–Crippen LogP) is 3.45. The Labute approximate surface area is 86.8 Å². The first-order chi connectivity index (χ1) is 6.57. The standard InChI is InChI=1S/C13H20O/c1-5-6-13(14)12-8-7-9(2)10(3)11(12)4/h7-8,13-14H,5-6H2,1-4H3. The molecule has 1 heteroatoms. The molecular weight excluding hydrogens is 172 g/mol. The summed E-state index contributed by atoms with van der Waals surface area (Å²) in [4.78, 5) is 0. The molecule has 0 fully saturated rings. The molecule has 1 atom stereocenters. The minimum absolute atomic E-state index is 0.292. The van der Waals surface area contributed by atoms with E-state index in [0.29, 0.717) is 0 Å². The average Bonchev–Trinajstić information content (AvgIpc) is 2.15. The van der Waals surface area contributed by atoms with E-state index in [4.69, 9.17) is 0 Å². The molecule has 78 valence electrons. The third-order valence-electron chi connectivity index (χ3n) is 3.02. The molecule has 1 N–H and O–H groups in total. The fourth-order valence-electron chi connectivity index (χ4n) is 1.77. The highest BCUT2D eigenvalue weighted by Gasteiger charge is 2.11. The average molecular weight is 192 g/mol. The smallest absolute Gasteiger partial charge is 0.0792 e. The van der Waals surface area contributed by atoms with Gasteiger partial charge < -0.3 is 5.11 Å². The number of aryl methyl sites for hydroxylation is 1. The lowest BCUT2D eigenvalue weighted by molar-refractivity contribution is 0.165. The van der Waals surface area contributed by atoms with Crippen LogP contribution in [-0.4, -0.2) is 5.11 Å². The number of hydrogen-bond acceptors (Lipinski definition) is 1. The zero-order valence-electron chi connectivity index (χ0n) is 9.59. The van der Waals surface area contributed by atoms with E-state index in [1.807, 2.05) is 0 Å². The number of aliphatic hydroxyl groups is 1. The first kappa shape index (κ1) is 11.3. The fourth-order valence-corrected chi connectivity index (χ4v) is 1.77. The van der Waals surface area contributed by atoms with Crippen LogP contribution >= 0.6 is 0 Å². The first-order valence-corrected chi connectivity index (χ1v) is 5.32. The molecule has 0 aliphatic heterocycles. The summed E-state index contributed by atoms with van der Waals surface area (Å²) in [6, 6.07) is 4.15. The number of aliphatic hydroxyl groups excluding tert-OH is 1. The second kappa shape index (κ2) is 4.61. The predicted molar refractivity (Wildman–Crippen MR) is 60.5 cm³/mol. The Morgan fingerprint density at radius 1 is 1.14 bits per heavy atom. The van der Waals surface area contributed by atoms with Gasteiger partial charge in [-0.3, -0.25) is 0 Å². The van der Waals surface area contributed by atoms with Crippen molar-refractivity contribution in [1.29, 1.82) is 0 Å². The highest BCUT2D eigenvalue weighted by molar-refractivity contribution is 5.39. The maximum absolute atomic E-state index is 9.92. The second-order valence-corrected chi connectivity index (χ2v) is 4.03. The molecule has 1 nitrogen and oxygen atoms in total. The lowest BCUT2D eigenvalue weighted by Crippen LogP contribution is -2.02. The van der Waals surface area contributed by atoms with Gasteiger partial charge in [0.25, 0.3) is 0 Å². The van der Waals surface area contributed by atoms with E-state index in [1.165, 1.54) is 16.7 Å². The van der Waals surface area contributed by atoms with Crippen LogP contribution < -0.4 is 0 Å². The molecule has 1 aromatic carbocycles. The van der Waals surface area contributed by atoms with Gasteiger partial charge in [-0.1, -0.05) is 25.5 Å². The molecule has 1 unspecified atom stereocenters. The van der Waals surface area contributed by atoms with Crippen molar-refractivity contribution in [3.63, 3.8) is 0 Å². The van der Waals surface area contributed by atoms with Crippen molar-refractivity contribution in [1.82, 2.24) is 0 Å². The molecule has 0 saturated carbocycles. The summed E-state index contributed by atoms with van der Waals surface area (Å²) in [5.41, 5.74) is 4.94. The van der Waals surface area contributed by atoms with Gasteiger partial charge in [0.05, 0.1) is 6.10 Å². The summed E-state index contributed by atoms with van der Waals surface area (Å²) in [7, 11) is 0. The molecule has 1 rings (SSSR count). The molecule has 0 heterocycles. The van der Waals surface area contributed by atoms with E-state index in [0.717, 1.165) is 18.4 Å². The molecule has 0 spiro atoms. The third kappa shape index (κ3) is 2.16. The lowest BCUT2D eigenvalue weighted by atomic mass is 9.94. The van der Waals surface area contributed by atoms with Gasteiger partial charge in [-0.25, -0.2) is 0 Å². The van der Waals surface area contributed by atoms with Gasteiger partial charge in [0, 0.05) is 0 Å². The van der Waals surface area contributed by atoms with Gasteiger partial charge in [-0.15, -0.1) is 0 Å². The minimum Gasteiger partial charge on any atom is -0.388 e. The lowest BCUT2D eigenvalue weighted by Gasteiger charge is -2.16. The Bertz CT molecular complexity index is 315. The number of benzene rings is 1. The minimum atomic E-state index is -0.292. The molecule has 0 bridgehead atoms. The number of rotatable bonds is 3. The largest absolute Gasteiger partial charge is 0.388 e. The van der Waals surface area contributed by atoms with Gasteiger partial charge >= 0.3 is 0 Å². The monoisotopic (exact) mass is 192 g/mol. The Hall–Kier alpha value is -0.820. The Kier molecular flexibility index (Phi) is 3.70. The topological polar surface area (TPSA) is 20.2 Å². The van der Waals surface area contributed by atoms with Crippen molar-refractivity contribution in [2.75, 3.05) is 0 Å². The van der Waals surface area contributed by atoms with Crippen LogP contribution in [0.5, 0.6) is 0 Å². The van der Waals surface area contributed by atoms with Crippen LogP contribution in [0.4, 0.5) is 0 Å². The Balaban J connectivity index is 3.04. The molecule has 0 aliphatic rings. The number of hydrogen-bond donors (Lipinski definition) is 1. The van der Waals surface area contributed by atoms with Crippen molar-refractivity contribution in [2.45, 2.75) is 46.6 Å². The van der Waals surface area contributed by atoms with E-state index in [2.05, 4.69) is 39.8 Å². The summed E-state index contributed by atoms with van der Waals surface area (Å²) >= 11 is 0. The fraction of sp³-hybridized carbons (Fsp3) is 0.538. The SMILES string of the molecule is CCCC(O)c1ccc(C)c(C)c1C. The molecule has 0 aliphatic carbocycles. The van der Waals surface area contributed by atoms with Gasteiger partial charge in [0.2, 0.25) is 0 Å². The summed E-state index contributed by atoms with van der Waals surface area (Å²) in [6.07, 6.45) is 1.58. The van der Waals surface area contributed by atoms with Crippen molar-refractivity contribution >= 4 is 0 Å². The maximum atomic E-state index is 9.92. The molecule has 14 heavy (non-hydrogen) atoms. The van der Waals surface area contributed by atoms with Crippen LogP contribution in [0.25, 0.3) is 0 Å². The van der Waals surface area contributed by atoms with Crippen LogP contribution in [0, 0.1) is 20.8 Å². The molecular formula is C13H20O. The van der Waals surface area contributed by atoms with Gasteiger partial charge in [0.15, 0.2) is 0 Å². The normalized spacial score (nSPS) is 12.9. The molecule has 0 aromatic heterocycles. The maximum Gasteiger partial charge on any atom is 0.0792 e. The Morgan fingerprint density at radius 3 is 2.36 bits per heavy atom. The van der Waals surface area contributed by atoms with Crippen molar-refractivity contribution in [2.24, 2.45) is 0 Å². The molecule has 1 aromatic rings. The highest BCUT2D eigenvalue weighted by atomic mass is 16.3. The summed E-state index contributed by atoms with van der Waals surface area (Å²) in [5.74, 6) is 0. The molecule has 0 amide bonds. The van der Waals surface area contributed by atoms with E-state index in [-0.39, 0.29) is 6.10 Å². The van der Waals surface area contributed by atoms with Crippen molar-refractivity contribution in [3.05, 3.63) is 34.4 Å². The van der Waals surface area contributed by atoms with Gasteiger partial charge in [0.1, 0.15) is 0 Å². The van der Waals surface area contributed by atoms with Crippen LogP contribution in [0.2, 0.25) is 0 Å². The van der Waals surface area contributed by atoms with Crippen LogP contribution in [-0.2, 0) is 0 Å². The van der Waals surface area contributed by atoms with E-state index < -0.39 is 0 Å².